The highest BCUT2D eigenvalue weighted by Crippen LogP contribution is 2.33. The maximum atomic E-state index is 12.0. The van der Waals surface area contributed by atoms with Gasteiger partial charge in [0.15, 0.2) is 0 Å². The highest BCUT2D eigenvalue weighted by molar-refractivity contribution is 7.99. The predicted molar refractivity (Wildman–Crippen MR) is 107 cm³/mol. The molecule has 3 rings (SSSR count). The Kier molecular flexibility index (Phi) is 5.66. The molecule has 3 aromatic rings. The zero-order chi connectivity index (χ0) is 17.7. The Labute approximate surface area is 153 Å². The average molecular weight is 372 g/mol. The second kappa shape index (κ2) is 7.93. The number of fused-ring (bicyclic) bond motifs is 1. The van der Waals surface area contributed by atoms with Crippen molar-refractivity contribution in [2.24, 2.45) is 0 Å². The molecular formula is C20H21NO2S2. The van der Waals surface area contributed by atoms with Gasteiger partial charge in [0.25, 0.3) is 0 Å². The SMILES string of the molecule is CCCCS(=O)(=O)Nc1ccc(Sc2cccc3ccccc23)cc1. The molecular weight excluding hydrogens is 350 g/mol. The van der Waals surface area contributed by atoms with Gasteiger partial charge in [0.2, 0.25) is 10.0 Å². The van der Waals surface area contributed by atoms with E-state index in [0.29, 0.717) is 12.1 Å². The first kappa shape index (κ1) is 17.8. The van der Waals surface area contributed by atoms with Gasteiger partial charge in [-0.25, -0.2) is 8.42 Å². The quantitative estimate of drug-likeness (QED) is 0.594. The second-order valence-electron chi connectivity index (χ2n) is 5.88. The Morgan fingerprint density at radius 2 is 1.64 bits per heavy atom. The number of hydrogen-bond acceptors (Lipinski definition) is 3. The third-order valence-electron chi connectivity index (χ3n) is 3.87. The first-order chi connectivity index (χ1) is 12.1. The normalized spacial score (nSPS) is 11.6. The molecule has 0 aromatic heterocycles. The summed E-state index contributed by atoms with van der Waals surface area (Å²) in [6.45, 7) is 1.98. The largest absolute Gasteiger partial charge is 0.284 e. The molecule has 0 heterocycles. The summed E-state index contributed by atoms with van der Waals surface area (Å²) >= 11 is 1.68. The smallest absolute Gasteiger partial charge is 0.232 e. The summed E-state index contributed by atoms with van der Waals surface area (Å²) in [7, 11) is -3.25. The zero-order valence-corrected chi connectivity index (χ0v) is 15.7. The molecule has 0 saturated carbocycles. The summed E-state index contributed by atoms with van der Waals surface area (Å²) < 4.78 is 26.6. The molecule has 5 heteroatoms. The molecule has 0 bridgehead atoms. The average Bonchev–Trinajstić information content (AvgIpc) is 2.62. The molecule has 3 nitrogen and oxygen atoms in total. The van der Waals surface area contributed by atoms with Gasteiger partial charge >= 0.3 is 0 Å². The summed E-state index contributed by atoms with van der Waals surface area (Å²) in [5.74, 6) is 0.163. The van der Waals surface area contributed by atoms with Crippen LogP contribution in [0.5, 0.6) is 0 Å². The van der Waals surface area contributed by atoms with Crippen LogP contribution in [-0.2, 0) is 10.0 Å². The molecule has 25 heavy (non-hydrogen) atoms. The molecule has 0 unspecified atom stereocenters. The van der Waals surface area contributed by atoms with E-state index in [1.807, 2.05) is 43.3 Å². The van der Waals surface area contributed by atoms with Crippen molar-refractivity contribution in [3.05, 3.63) is 66.7 Å². The van der Waals surface area contributed by atoms with Gasteiger partial charge in [-0.2, -0.15) is 0 Å². The minimum Gasteiger partial charge on any atom is -0.284 e. The van der Waals surface area contributed by atoms with Crippen molar-refractivity contribution in [3.8, 4) is 0 Å². The van der Waals surface area contributed by atoms with Gasteiger partial charge in [0.1, 0.15) is 0 Å². The van der Waals surface area contributed by atoms with Crippen LogP contribution in [0.4, 0.5) is 5.69 Å². The molecule has 1 N–H and O–H groups in total. The summed E-state index contributed by atoms with van der Waals surface area (Å²) in [6, 6.07) is 22.1. The molecule has 3 aromatic carbocycles. The van der Waals surface area contributed by atoms with E-state index >= 15 is 0 Å². The third kappa shape index (κ3) is 4.77. The van der Waals surface area contributed by atoms with E-state index in [1.165, 1.54) is 15.7 Å². The topological polar surface area (TPSA) is 46.2 Å². The lowest BCUT2D eigenvalue weighted by Crippen LogP contribution is -2.16. The van der Waals surface area contributed by atoms with E-state index < -0.39 is 10.0 Å². The van der Waals surface area contributed by atoms with Crippen molar-refractivity contribution in [2.45, 2.75) is 29.6 Å². The number of nitrogens with one attached hydrogen (secondary N) is 1. The minimum absolute atomic E-state index is 0.163. The van der Waals surface area contributed by atoms with Gasteiger partial charge in [-0.05, 0) is 47.5 Å². The fourth-order valence-electron chi connectivity index (χ4n) is 2.57. The highest BCUT2D eigenvalue weighted by Gasteiger charge is 2.09. The lowest BCUT2D eigenvalue weighted by molar-refractivity contribution is 0.598. The van der Waals surface area contributed by atoms with Crippen molar-refractivity contribution in [1.29, 1.82) is 0 Å². The second-order valence-corrected chi connectivity index (χ2v) is 8.84. The number of anilines is 1. The third-order valence-corrected chi connectivity index (χ3v) is 6.33. The molecule has 130 valence electrons. The van der Waals surface area contributed by atoms with Crippen LogP contribution >= 0.6 is 11.8 Å². The van der Waals surface area contributed by atoms with E-state index in [4.69, 9.17) is 0 Å². The van der Waals surface area contributed by atoms with Gasteiger partial charge in [0.05, 0.1) is 5.75 Å². The Morgan fingerprint density at radius 3 is 2.40 bits per heavy atom. The van der Waals surface area contributed by atoms with Gasteiger partial charge in [0, 0.05) is 15.5 Å². The highest BCUT2D eigenvalue weighted by atomic mass is 32.2. The van der Waals surface area contributed by atoms with Crippen LogP contribution in [0.1, 0.15) is 19.8 Å². The van der Waals surface area contributed by atoms with E-state index in [9.17, 15) is 8.42 Å². The number of hydrogen-bond donors (Lipinski definition) is 1. The van der Waals surface area contributed by atoms with Crippen LogP contribution in [0.25, 0.3) is 10.8 Å². The predicted octanol–water partition coefficient (Wildman–Crippen LogP) is 5.53. The molecule has 0 aliphatic heterocycles. The van der Waals surface area contributed by atoms with Crippen molar-refractivity contribution in [2.75, 3.05) is 10.5 Å². The fourth-order valence-corrected chi connectivity index (χ4v) is 4.80. The molecule has 0 saturated heterocycles. The van der Waals surface area contributed by atoms with E-state index in [-0.39, 0.29) is 5.75 Å². The Balaban J connectivity index is 1.74. The molecule has 0 aliphatic rings. The summed E-state index contributed by atoms with van der Waals surface area (Å²) in [6.07, 6.45) is 1.53. The van der Waals surface area contributed by atoms with Crippen molar-refractivity contribution in [1.82, 2.24) is 0 Å². The van der Waals surface area contributed by atoms with Crippen LogP contribution in [0.3, 0.4) is 0 Å². The van der Waals surface area contributed by atoms with E-state index in [0.717, 1.165) is 11.3 Å². The molecule has 0 fully saturated rings. The van der Waals surface area contributed by atoms with E-state index in [1.54, 1.807) is 11.8 Å². The lowest BCUT2D eigenvalue weighted by atomic mass is 10.1. The first-order valence-electron chi connectivity index (χ1n) is 8.33. The Hall–Kier alpha value is -1.98. The van der Waals surface area contributed by atoms with Gasteiger partial charge < -0.3 is 0 Å². The monoisotopic (exact) mass is 371 g/mol. The standard InChI is InChI=1S/C20H21NO2S2/c1-2-3-15-25(22,23)21-17-11-13-18(14-12-17)24-20-10-6-8-16-7-4-5-9-19(16)20/h4-14,21H,2-3,15H2,1H3. The maximum Gasteiger partial charge on any atom is 0.232 e. The Morgan fingerprint density at radius 1 is 0.920 bits per heavy atom. The Bertz CT molecular complexity index is 946. The summed E-state index contributed by atoms with van der Waals surface area (Å²) in [5, 5.41) is 2.44. The van der Waals surface area contributed by atoms with Gasteiger partial charge in [-0.1, -0.05) is 61.5 Å². The van der Waals surface area contributed by atoms with Gasteiger partial charge in [-0.3, -0.25) is 4.72 Å². The molecule has 0 amide bonds. The van der Waals surface area contributed by atoms with E-state index in [2.05, 4.69) is 35.1 Å². The van der Waals surface area contributed by atoms with Crippen molar-refractivity contribution < 1.29 is 8.42 Å². The van der Waals surface area contributed by atoms with Crippen LogP contribution in [0.15, 0.2) is 76.5 Å². The van der Waals surface area contributed by atoms with Crippen molar-refractivity contribution in [3.63, 3.8) is 0 Å². The number of benzene rings is 3. The maximum absolute atomic E-state index is 12.0. The first-order valence-corrected chi connectivity index (χ1v) is 10.8. The van der Waals surface area contributed by atoms with Crippen LogP contribution < -0.4 is 4.72 Å². The molecule has 0 spiro atoms. The number of rotatable bonds is 7. The van der Waals surface area contributed by atoms with Gasteiger partial charge in [-0.15, -0.1) is 0 Å². The molecule has 0 aliphatic carbocycles. The zero-order valence-electron chi connectivity index (χ0n) is 14.1. The summed E-state index contributed by atoms with van der Waals surface area (Å²) in [4.78, 5) is 2.27. The minimum atomic E-state index is -3.25. The number of sulfonamides is 1. The summed E-state index contributed by atoms with van der Waals surface area (Å²) in [5.41, 5.74) is 0.610. The fraction of sp³-hybridized carbons (Fsp3) is 0.200. The van der Waals surface area contributed by atoms with Crippen molar-refractivity contribution >= 4 is 38.2 Å². The molecule has 0 atom stereocenters. The van der Waals surface area contributed by atoms with Crippen LogP contribution in [0, 0.1) is 0 Å². The van der Waals surface area contributed by atoms with Crippen LogP contribution in [-0.4, -0.2) is 14.2 Å². The molecule has 0 radical (unpaired) electrons. The lowest BCUT2D eigenvalue weighted by Gasteiger charge is -2.09. The number of unbranched alkanes of at least 4 members (excludes halogenated alkanes) is 1. The van der Waals surface area contributed by atoms with Crippen LogP contribution in [0.2, 0.25) is 0 Å².